The fourth-order valence-corrected chi connectivity index (χ4v) is 2.75. The molecule has 21 heavy (non-hydrogen) atoms. The van der Waals surface area contributed by atoms with Gasteiger partial charge >= 0.3 is 12.0 Å². The van der Waals surface area contributed by atoms with Gasteiger partial charge < -0.3 is 15.7 Å². The molecule has 0 aliphatic carbocycles. The molecule has 1 fully saturated rings. The van der Waals surface area contributed by atoms with Gasteiger partial charge in [0.15, 0.2) is 0 Å². The Morgan fingerprint density at radius 3 is 2.43 bits per heavy atom. The average Bonchev–Trinajstić information content (AvgIpc) is 2.45. The molecule has 1 rings (SSSR count). The van der Waals surface area contributed by atoms with E-state index in [-0.39, 0.29) is 6.04 Å². The smallest absolute Gasteiger partial charge is 0.329 e. The summed E-state index contributed by atoms with van der Waals surface area (Å²) < 4.78 is 0. The summed E-state index contributed by atoms with van der Waals surface area (Å²) in [5, 5.41) is 14.6. The van der Waals surface area contributed by atoms with Gasteiger partial charge in [-0.1, -0.05) is 19.8 Å². The van der Waals surface area contributed by atoms with Crippen LogP contribution in [0.4, 0.5) is 4.79 Å². The second kappa shape index (κ2) is 8.22. The van der Waals surface area contributed by atoms with E-state index in [1.54, 1.807) is 6.92 Å². The van der Waals surface area contributed by atoms with E-state index in [0.29, 0.717) is 19.4 Å². The number of carbonyl (C=O) groups excluding carboxylic acids is 1. The predicted octanol–water partition coefficient (Wildman–Crippen LogP) is 1.80. The number of nitrogens with zero attached hydrogens (tertiary/aromatic N) is 1. The molecule has 2 atom stereocenters. The predicted molar refractivity (Wildman–Crippen MR) is 82.4 cm³/mol. The van der Waals surface area contributed by atoms with Gasteiger partial charge in [0.2, 0.25) is 0 Å². The van der Waals surface area contributed by atoms with E-state index in [9.17, 15) is 14.7 Å². The highest BCUT2D eigenvalue weighted by Crippen LogP contribution is 2.13. The maximum absolute atomic E-state index is 11.9. The number of piperidine rings is 1. The third-order valence-corrected chi connectivity index (χ3v) is 4.18. The monoisotopic (exact) mass is 299 g/mol. The van der Waals surface area contributed by atoms with Gasteiger partial charge in [0.25, 0.3) is 0 Å². The summed E-state index contributed by atoms with van der Waals surface area (Å²) in [6.07, 6.45) is 4.82. The zero-order valence-corrected chi connectivity index (χ0v) is 13.4. The maximum atomic E-state index is 11.9. The van der Waals surface area contributed by atoms with Crippen LogP contribution in [-0.4, -0.2) is 53.2 Å². The summed E-state index contributed by atoms with van der Waals surface area (Å²) >= 11 is 0. The summed E-state index contributed by atoms with van der Waals surface area (Å²) in [5.74, 6) is -0.997. The van der Waals surface area contributed by atoms with Crippen molar-refractivity contribution in [3.05, 3.63) is 0 Å². The molecule has 0 bridgehead atoms. The molecule has 1 heterocycles. The van der Waals surface area contributed by atoms with Crippen molar-refractivity contribution < 1.29 is 14.7 Å². The van der Waals surface area contributed by atoms with Crippen LogP contribution in [0.15, 0.2) is 0 Å². The Hall–Kier alpha value is -1.30. The molecule has 6 nitrogen and oxygen atoms in total. The fraction of sp³-hybridized carbons (Fsp3) is 0.867. The summed E-state index contributed by atoms with van der Waals surface area (Å²) in [6.45, 7) is 8.23. The Balaban J connectivity index is 2.40. The van der Waals surface area contributed by atoms with Gasteiger partial charge in [-0.15, -0.1) is 0 Å². The van der Waals surface area contributed by atoms with E-state index in [2.05, 4.69) is 22.5 Å². The molecule has 1 aliphatic heterocycles. The van der Waals surface area contributed by atoms with E-state index in [1.807, 2.05) is 6.92 Å². The maximum Gasteiger partial charge on any atom is 0.329 e. The van der Waals surface area contributed by atoms with Crippen LogP contribution in [0.5, 0.6) is 0 Å². The number of aliphatic carboxylic acids is 1. The number of rotatable bonds is 7. The summed E-state index contributed by atoms with van der Waals surface area (Å²) in [6, 6.07) is -0.129. The molecule has 2 unspecified atom stereocenters. The van der Waals surface area contributed by atoms with Gasteiger partial charge in [-0.25, -0.2) is 9.59 Å². The number of hydrogen-bond donors (Lipinski definition) is 3. The van der Waals surface area contributed by atoms with Crippen molar-refractivity contribution >= 4 is 12.0 Å². The minimum Gasteiger partial charge on any atom is -0.480 e. The SMILES string of the molecule is CCCC(C)(NC(=O)NCC(C)N1CCCCC1)C(=O)O. The van der Waals surface area contributed by atoms with E-state index >= 15 is 0 Å². The van der Waals surface area contributed by atoms with E-state index in [4.69, 9.17) is 0 Å². The summed E-state index contributed by atoms with van der Waals surface area (Å²) in [5.41, 5.74) is -1.20. The molecule has 0 aromatic heterocycles. The third-order valence-electron chi connectivity index (χ3n) is 4.18. The number of carboxylic acids is 1. The number of carbonyl (C=O) groups is 2. The molecule has 0 radical (unpaired) electrons. The lowest BCUT2D eigenvalue weighted by atomic mass is 9.97. The van der Waals surface area contributed by atoms with Crippen LogP contribution >= 0.6 is 0 Å². The quantitative estimate of drug-likeness (QED) is 0.669. The topological polar surface area (TPSA) is 81.7 Å². The van der Waals surface area contributed by atoms with Crippen molar-refractivity contribution in [3.63, 3.8) is 0 Å². The molecule has 3 N–H and O–H groups in total. The van der Waals surface area contributed by atoms with E-state index in [0.717, 1.165) is 13.1 Å². The number of nitrogens with one attached hydrogen (secondary N) is 2. The van der Waals surface area contributed by atoms with Crippen molar-refractivity contribution in [1.82, 2.24) is 15.5 Å². The van der Waals surface area contributed by atoms with Gasteiger partial charge in [0, 0.05) is 12.6 Å². The Bertz CT molecular complexity index is 356. The second-order valence-corrected chi connectivity index (χ2v) is 6.17. The average molecular weight is 299 g/mol. The van der Waals surface area contributed by atoms with Gasteiger partial charge in [0.05, 0.1) is 0 Å². The highest BCUT2D eigenvalue weighted by atomic mass is 16.4. The highest BCUT2D eigenvalue weighted by Gasteiger charge is 2.33. The highest BCUT2D eigenvalue weighted by molar-refractivity contribution is 5.85. The van der Waals surface area contributed by atoms with Crippen molar-refractivity contribution in [2.45, 2.75) is 64.5 Å². The molecule has 0 aromatic carbocycles. The first kappa shape index (κ1) is 17.8. The Morgan fingerprint density at radius 1 is 1.29 bits per heavy atom. The first-order valence-electron chi connectivity index (χ1n) is 7.92. The van der Waals surface area contributed by atoms with Crippen LogP contribution in [-0.2, 0) is 4.79 Å². The Morgan fingerprint density at radius 2 is 1.90 bits per heavy atom. The Kier molecular flexibility index (Phi) is 6.95. The Labute approximate surface area is 127 Å². The number of likely N-dealkylation sites (tertiary alicyclic amines) is 1. The molecular formula is C15H29N3O3. The lowest BCUT2D eigenvalue weighted by molar-refractivity contribution is -0.144. The molecule has 6 heteroatoms. The lowest BCUT2D eigenvalue weighted by Gasteiger charge is -2.33. The van der Waals surface area contributed by atoms with E-state index in [1.165, 1.54) is 19.3 Å². The lowest BCUT2D eigenvalue weighted by Crippen LogP contribution is -2.56. The summed E-state index contributed by atoms with van der Waals surface area (Å²) in [4.78, 5) is 25.6. The van der Waals surface area contributed by atoms with Crippen LogP contribution in [0, 0.1) is 0 Å². The first-order valence-corrected chi connectivity index (χ1v) is 7.92. The van der Waals surface area contributed by atoms with Gasteiger partial charge in [-0.3, -0.25) is 4.90 Å². The largest absolute Gasteiger partial charge is 0.480 e. The number of amides is 2. The second-order valence-electron chi connectivity index (χ2n) is 6.17. The molecule has 1 aliphatic rings. The zero-order chi connectivity index (χ0) is 15.9. The normalized spacial score (nSPS) is 20.3. The van der Waals surface area contributed by atoms with Crippen molar-refractivity contribution in [3.8, 4) is 0 Å². The number of urea groups is 1. The van der Waals surface area contributed by atoms with Crippen LogP contribution in [0.25, 0.3) is 0 Å². The molecule has 2 amide bonds. The first-order chi connectivity index (χ1) is 9.89. The van der Waals surface area contributed by atoms with Gasteiger partial charge in [-0.2, -0.15) is 0 Å². The minimum atomic E-state index is -1.20. The zero-order valence-electron chi connectivity index (χ0n) is 13.4. The fourth-order valence-electron chi connectivity index (χ4n) is 2.75. The molecular weight excluding hydrogens is 270 g/mol. The molecule has 0 aromatic rings. The van der Waals surface area contributed by atoms with Crippen LogP contribution < -0.4 is 10.6 Å². The van der Waals surface area contributed by atoms with Gasteiger partial charge in [-0.05, 0) is 46.2 Å². The van der Waals surface area contributed by atoms with Crippen molar-refractivity contribution in [2.24, 2.45) is 0 Å². The van der Waals surface area contributed by atoms with Crippen LogP contribution in [0.2, 0.25) is 0 Å². The number of hydrogen-bond acceptors (Lipinski definition) is 3. The van der Waals surface area contributed by atoms with Crippen LogP contribution in [0.1, 0.15) is 52.9 Å². The minimum absolute atomic E-state index is 0.276. The van der Waals surface area contributed by atoms with Crippen molar-refractivity contribution in [1.29, 1.82) is 0 Å². The summed E-state index contributed by atoms with van der Waals surface area (Å²) in [7, 11) is 0. The molecule has 0 saturated carbocycles. The standard InChI is InChI=1S/C15H29N3O3/c1-4-8-15(3,13(19)20)17-14(21)16-11-12(2)18-9-6-5-7-10-18/h12H,4-11H2,1-3H3,(H,19,20)(H2,16,17,21). The van der Waals surface area contributed by atoms with Gasteiger partial charge in [0.1, 0.15) is 5.54 Å². The molecule has 1 saturated heterocycles. The van der Waals surface area contributed by atoms with Crippen molar-refractivity contribution in [2.75, 3.05) is 19.6 Å². The van der Waals surface area contributed by atoms with Crippen LogP contribution in [0.3, 0.4) is 0 Å². The molecule has 0 spiro atoms. The molecule has 122 valence electrons. The number of carboxylic acid groups (broad SMARTS) is 1. The van der Waals surface area contributed by atoms with E-state index < -0.39 is 17.5 Å². The third kappa shape index (κ3) is 5.53.